The van der Waals surface area contributed by atoms with Crippen molar-refractivity contribution in [2.75, 3.05) is 13.2 Å². The van der Waals surface area contributed by atoms with Gasteiger partial charge in [-0.15, -0.1) is 0 Å². The van der Waals surface area contributed by atoms with E-state index in [9.17, 15) is 14.4 Å². The Bertz CT molecular complexity index is 1090. The summed E-state index contributed by atoms with van der Waals surface area (Å²) in [6.45, 7) is 6.62. The Balaban J connectivity index is 4.35. The van der Waals surface area contributed by atoms with Crippen molar-refractivity contribution >= 4 is 17.9 Å². The number of esters is 3. The molecule has 0 spiro atoms. The molecule has 6 nitrogen and oxygen atoms in total. The fourth-order valence-corrected chi connectivity index (χ4v) is 8.29. The molecule has 0 aliphatic rings. The predicted octanol–water partition coefficient (Wildman–Crippen LogP) is 18.9. The molecule has 1 atom stereocenters. The lowest BCUT2D eigenvalue weighted by Gasteiger charge is -2.18. The van der Waals surface area contributed by atoms with Gasteiger partial charge in [0.25, 0.3) is 0 Å². The Kier molecular flexibility index (Phi) is 52.3. The second-order valence-electron chi connectivity index (χ2n) is 19.2. The molecule has 0 aromatic rings. The molecule has 0 bridgehead atoms. The van der Waals surface area contributed by atoms with E-state index in [4.69, 9.17) is 14.2 Å². The summed E-state index contributed by atoms with van der Waals surface area (Å²) in [6, 6.07) is 0. The van der Waals surface area contributed by atoms with Gasteiger partial charge in [0.1, 0.15) is 13.2 Å². The molecule has 0 saturated carbocycles. The van der Waals surface area contributed by atoms with Crippen molar-refractivity contribution in [3.63, 3.8) is 0 Å². The summed E-state index contributed by atoms with van der Waals surface area (Å²) < 4.78 is 16.8. The van der Waals surface area contributed by atoms with Crippen LogP contribution < -0.4 is 0 Å². The lowest BCUT2D eigenvalue weighted by molar-refractivity contribution is -0.167. The average molecular weight is 914 g/mol. The van der Waals surface area contributed by atoms with Gasteiger partial charge in [0.15, 0.2) is 6.10 Å². The first-order valence-electron chi connectivity index (χ1n) is 28.5. The number of unbranched alkanes of at least 4 members (excludes halogenated alkanes) is 35. The molecule has 0 aliphatic heterocycles. The van der Waals surface area contributed by atoms with Gasteiger partial charge in [-0.05, 0) is 77.0 Å². The van der Waals surface area contributed by atoms with Crippen LogP contribution in [0.2, 0.25) is 0 Å². The van der Waals surface area contributed by atoms with Gasteiger partial charge in [-0.3, -0.25) is 14.4 Å². The largest absolute Gasteiger partial charge is 0.462 e. The summed E-state index contributed by atoms with van der Waals surface area (Å²) in [4.78, 5) is 38.1. The van der Waals surface area contributed by atoms with Gasteiger partial charge in [-0.1, -0.05) is 243 Å². The Morgan fingerprint density at radius 2 is 0.554 bits per heavy atom. The highest BCUT2D eigenvalue weighted by molar-refractivity contribution is 5.71. The highest BCUT2D eigenvalue weighted by atomic mass is 16.6. The molecule has 0 saturated heterocycles. The molecule has 0 heterocycles. The maximum Gasteiger partial charge on any atom is 0.306 e. The van der Waals surface area contributed by atoms with E-state index in [1.54, 1.807) is 0 Å². The molecule has 380 valence electrons. The lowest BCUT2D eigenvalue weighted by atomic mass is 10.0. The molecule has 0 aromatic heterocycles. The molecule has 0 aromatic carbocycles. The normalized spacial score (nSPS) is 12.2. The van der Waals surface area contributed by atoms with E-state index in [1.807, 2.05) is 0 Å². The minimum atomic E-state index is -0.780. The second-order valence-corrected chi connectivity index (χ2v) is 19.2. The van der Waals surface area contributed by atoms with Crippen LogP contribution in [0.1, 0.15) is 303 Å². The quantitative estimate of drug-likeness (QED) is 0.0262. The molecule has 0 fully saturated rings. The van der Waals surface area contributed by atoms with Gasteiger partial charge >= 0.3 is 17.9 Å². The van der Waals surface area contributed by atoms with Crippen molar-refractivity contribution in [1.29, 1.82) is 0 Å². The topological polar surface area (TPSA) is 78.9 Å². The zero-order valence-electron chi connectivity index (χ0n) is 43.5. The maximum absolute atomic E-state index is 12.8. The number of carbonyl (C=O) groups is 3. The minimum absolute atomic E-state index is 0.0770. The Labute approximate surface area is 404 Å². The van der Waals surface area contributed by atoms with E-state index in [1.165, 1.54) is 173 Å². The van der Waals surface area contributed by atoms with E-state index >= 15 is 0 Å². The van der Waals surface area contributed by atoms with Crippen LogP contribution in [0.5, 0.6) is 0 Å². The number of carbonyl (C=O) groups excluding carboxylic acids is 3. The molecular weight excluding hydrogens is 805 g/mol. The van der Waals surface area contributed by atoms with Crippen molar-refractivity contribution in [3.05, 3.63) is 36.5 Å². The lowest BCUT2D eigenvalue weighted by Crippen LogP contribution is -2.30. The summed E-state index contributed by atoms with van der Waals surface area (Å²) in [6.07, 6.45) is 64.1. The van der Waals surface area contributed by atoms with E-state index < -0.39 is 6.10 Å². The molecule has 6 heteroatoms. The van der Waals surface area contributed by atoms with Crippen LogP contribution in [0.3, 0.4) is 0 Å². The average Bonchev–Trinajstić information content (AvgIpc) is 3.30. The molecule has 0 amide bonds. The Morgan fingerprint density at radius 3 is 0.892 bits per heavy atom. The van der Waals surface area contributed by atoms with Crippen LogP contribution in [-0.2, 0) is 28.6 Å². The fraction of sp³-hybridized carbons (Fsp3) is 0.847. The first-order chi connectivity index (χ1) is 32.0. The number of hydrogen-bond donors (Lipinski definition) is 0. The van der Waals surface area contributed by atoms with Crippen molar-refractivity contribution in [2.45, 2.75) is 309 Å². The van der Waals surface area contributed by atoms with Crippen molar-refractivity contribution in [2.24, 2.45) is 0 Å². The molecule has 0 rings (SSSR count). The van der Waals surface area contributed by atoms with Crippen molar-refractivity contribution in [3.8, 4) is 0 Å². The van der Waals surface area contributed by atoms with Gasteiger partial charge < -0.3 is 14.2 Å². The standard InChI is InChI=1S/C59H108O6/c1-4-7-10-13-16-19-22-25-28-29-30-32-34-37-40-43-46-49-52-58(61)64-55-56(54-63-57(60)51-48-45-42-39-36-33-27-24-21-18-15-12-9-6-3)65-59(62)53-50-47-44-41-38-35-31-26-23-20-17-14-11-8-5-2/h17,20,24,26-27,31,56H,4-16,18-19,21-23,25,28-30,32-55H2,1-3H3/b20-17-,27-24-,31-26-. The monoisotopic (exact) mass is 913 g/mol. The third kappa shape index (κ3) is 52.5. The van der Waals surface area contributed by atoms with Gasteiger partial charge in [0.05, 0.1) is 0 Å². The highest BCUT2D eigenvalue weighted by Gasteiger charge is 2.19. The van der Waals surface area contributed by atoms with Crippen LogP contribution in [0.25, 0.3) is 0 Å². The molecule has 65 heavy (non-hydrogen) atoms. The third-order valence-electron chi connectivity index (χ3n) is 12.6. The summed E-state index contributed by atoms with van der Waals surface area (Å²) in [5, 5.41) is 0. The summed E-state index contributed by atoms with van der Waals surface area (Å²) in [5.41, 5.74) is 0. The first kappa shape index (κ1) is 62.6. The highest BCUT2D eigenvalue weighted by Crippen LogP contribution is 2.16. The van der Waals surface area contributed by atoms with E-state index in [2.05, 4.69) is 57.2 Å². The number of rotatable bonds is 52. The zero-order valence-corrected chi connectivity index (χ0v) is 43.5. The van der Waals surface area contributed by atoms with E-state index in [0.717, 1.165) is 89.9 Å². The van der Waals surface area contributed by atoms with Crippen LogP contribution in [0.15, 0.2) is 36.5 Å². The Hall–Kier alpha value is -2.37. The molecular formula is C59H108O6. The van der Waals surface area contributed by atoms with Gasteiger partial charge in [0.2, 0.25) is 0 Å². The minimum Gasteiger partial charge on any atom is -0.462 e. The molecule has 1 unspecified atom stereocenters. The third-order valence-corrected chi connectivity index (χ3v) is 12.6. The summed E-state index contributed by atoms with van der Waals surface area (Å²) in [5.74, 6) is -0.884. The van der Waals surface area contributed by atoms with Crippen molar-refractivity contribution < 1.29 is 28.6 Å². The van der Waals surface area contributed by atoms with E-state index in [0.29, 0.717) is 19.3 Å². The van der Waals surface area contributed by atoms with Gasteiger partial charge in [-0.25, -0.2) is 0 Å². The van der Waals surface area contributed by atoms with E-state index in [-0.39, 0.29) is 31.1 Å². The van der Waals surface area contributed by atoms with Gasteiger partial charge in [0, 0.05) is 19.3 Å². The Morgan fingerprint density at radius 1 is 0.308 bits per heavy atom. The fourth-order valence-electron chi connectivity index (χ4n) is 8.29. The SMILES string of the molecule is CCCCC/C=C\C/C=C\CCCCCCCC(=O)OC(COC(=O)CCCCCCC/C=C\CCCCCCC)COC(=O)CCCCCCCCCCCCCCCCCCCC. The number of hydrogen-bond acceptors (Lipinski definition) is 6. The van der Waals surface area contributed by atoms with Crippen LogP contribution in [0, 0.1) is 0 Å². The van der Waals surface area contributed by atoms with Crippen molar-refractivity contribution in [1.82, 2.24) is 0 Å². The first-order valence-corrected chi connectivity index (χ1v) is 28.5. The molecule has 0 aliphatic carbocycles. The number of allylic oxidation sites excluding steroid dienone is 6. The smallest absolute Gasteiger partial charge is 0.306 e. The summed E-state index contributed by atoms with van der Waals surface area (Å²) in [7, 11) is 0. The maximum atomic E-state index is 12.8. The zero-order chi connectivity index (χ0) is 47.2. The summed E-state index contributed by atoms with van der Waals surface area (Å²) >= 11 is 0. The number of ether oxygens (including phenoxy) is 3. The second kappa shape index (κ2) is 54.2. The molecule has 0 radical (unpaired) electrons. The predicted molar refractivity (Wildman–Crippen MR) is 279 cm³/mol. The van der Waals surface area contributed by atoms with Crippen LogP contribution in [0.4, 0.5) is 0 Å². The molecule has 0 N–H and O–H groups in total. The van der Waals surface area contributed by atoms with Crippen LogP contribution >= 0.6 is 0 Å². The van der Waals surface area contributed by atoms with Gasteiger partial charge in [-0.2, -0.15) is 0 Å². The van der Waals surface area contributed by atoms with Crippen LogP contribution in [-0.4, -0.2) is 37.2 Å².